The SMILES string of the molecule is CCCCC[C@H](CN(O)C=O)C(=O)NNC(=O)c1ccc2ccccc2n1. The highest BCUT2D eigenvalue weighted by Crippen LogP contribution is 2.12. The standard InChI is InChI=1S/C19H24N4O4/c1-2-3-4-8-15(12-23(27)13-24)18(25)21-22-19(26)17-11-10-14-7-5-6-9-16(14)20-17/h5-7,9-11,13,15,27H,2-4,8,12H2,1H3,(H,21,25)(H,22,26)/t15-/m1/s1. The lowest BCUT2D eigenvalue weighted by Crippen LogP contribution is -2.47. The molecule has 0 fully saturated rings. The summed E-state index contributed by atoms with van der Waals surface area (Å²) < 4.78 is 0. The van der Waals surface area contributed by atoms with Crippen LogP contribution in [0.4, 0.5) is 0 Å². The van der Waals surface area contributed by atoms with E-state index >= 15 is 0 Å². The molecule has 2 aromatic rings. The van der Waals surface area contributed by atoms with Crippen LogP contribution in [0.2, 0.25) is 0 Å². The van der Waals surface area contributed by atoms with Crippen molar-refractivity contribution in [2.24, 2.45) is 5.92 Å². The highest BCUT2D eigenvalue weighted by atomic mass is 16.5. The molecule has 1 aromatic carbocycles. The molecule has 0 saturated carbocycles. The molecule has 0 saturated heterocycles. The van der Waals surface area contributed by atoms with Crippen molar-refractivity contribution in [3.05, 3.63) is 42.1 Å². The minimum atomic E-state index is -0.628. The molecule has 0 bridgehead atoms. The van der Waals surface area contributed by atoms with E-state index in [1.807, 2.05) is 25.1 Å². The monoisotopic (exact) mass is 372 g/mol. The van der Waals surface area contributed by atoms with Gasteiger partial charge in [-0.25, -0.2) is 10.0 Å². The fraction of sp³-hybridized carbons (Fsp3) is 0.368. The summed E-state index contributed by atoms with van der Waals surface area (Å²) in [7, 11) is 0. The van der Waals surface area contributed by atoms with Gasteiger partial charge in [0.1, 0.15) is 5.69 Å². The third-order valence-electron chi connectivity index (χ3n) is 4.19. The molecule has 8 nitrogen and oxygen atoms in total. The maximum atomic E-state index is 12.3. The predicted octanol–water partition coefficient (Wildman–Crippen LogP) is 2.04. The van der Waals surface area contributed by atoms with Gasteiger partial charge in [0.05, 0.1) is 18.0 Å². The van der Waals surface area contributed by atoms with E-state index in [0.29, 0.717) is 17.0 Å². The molecule has 3 amide bonds. The minimum Gasteiger partial charge on any atom is -0.286 e. The summed E-state index contributed by atoms with van der Waals surface area (Å²) >= 11 is 0. The first-order valence-corrected chi connectivity index (χ1v) is 8.92. The number of fused-ring (bicyclic) bond motifs is 1. The number of carbonyl (C=O) groups is 3. The van der Waals surface area contributed by atoms with Crippen LogP contribution in [-0.2, 0) is 9.59 Å². The van der Waals surface area contributed by atoms with Gasteiger partial charge in [-0.15, -0.1) is 0 Å². The van der Waals surface area contributed by atoms with E-state index in [1.54, 1.807) is 18.2 Å². The van der Waals surface area contributed by atoms with Crippen LogP contribution < -0.4 is 10.9 Å². The van der Waals surface area contributed by atoms with Crippen molar-refractivity contribution in [2.75, 3.05) is 6.54 Å². The lowest BCUT2D eigenvalue weighted by molar-refractivity contribution is -0.154. The maximum Gasteiger partial charge on any atom is 0.288 e. The molecule has 8 heteroatoms. The van der Waals surface area contributed by atoms with Gasteiger partial charge in [0.15, 0.2) is 0 Å². The Morgan fingerprint density at radius 1 is 1.19 bits per heavy atom. The Labute approximate surface area is 157 Å². The zero-order chi connectivity index (χ0) is 19.6. The average molecular weight is 372 g/mol. The van der Waals surface area contributed by atoms with Gasteiger partial charge in [-0.3, -0.25) is 30.4 Å². The normalized spacial score (nSPS) is 11.6. The molecule has 1 aromatic heterocycles. The molecule has 0 spiro atoms. The lowest BCUT2D eigenvalue weighted by Gasteiger charge is -2.19. The van der Waals surface area contributed by atoms with Crippen molar-refractivity contribution < 1.29 is 19.6 Å². The smallest absolute Gasteiger partial charge is 0.286 e. The number of nitrogens with zero attached hydrogens (tertiary/aromatic N) is 2. The molecule has 0 aliphatic rings. The van der Waals surface area contributed by atoms with Crippen LogP contribution >= 0.6 is 0 Å². The van der Waals surface area contributed by atoms with Crippen molar-refractivity contribution in [3.63, 3.8) is 0 Å². The first-order chi connectivity index (χ1) is 13.0. The number of hydrogen-bond donors (Lipinski definition) is 3. The molecule has 1 atom stereocenters. The molecule has 0 aliphatic heterocycles. The second kappa shape index (κ2) is 10.2. The number of hydrogen-bond acceptors (Lipinski definition) is 5. The van der Waals surface area contributed by atoms with Gasteiger partial charge in [0, 0.05) is 5.39 Å². The van der Waals surface area contributed by atoms with Crippen LogP contribution in [-0.4, -0.2) is 40.0 Å². The fourth-order valence-electron chi connectivity index (χ4n) is 2.69. The highest BCUT2D eigenvalue weighted by molar-refractivity contribution is 5.96. The number of unbranched alkanes of at least 4 members (excludes halogenated alkanes) is 2. The number of benzene rings is 1. The summed E-state index contributed by atoms with van der Waals surface area (Å²) in [6.07, 6.45) is 3.44. The Hall–Kier alpha value is -3.00. The predicted molar refractivity (Wildman–Crippen MR) is 99.5 cm³/mol. The van der Waals surface area contributed by atoms with Crippen LogP contribution in [0.1, 0.15) is 43.1 Å². The largest absolute Gasteiger partial charge is 0.288 e. The van der Waals surface area contributed by atoms with Crippen LogP contribution in [0.3, 0.4) is 0 Å². The minimum absolute atomic E-state index is 0.136. The summed E-state index contributed by atoms with van der Waals surface area (Å²) in [5.41, 5.74) is 5.54. The number of hydroxylamine groups is 2. The Kier molecular flexibility index (Phi) is 7.69. The highest BCUT2D eigenvalue weighted by Gasteiger charge is 2.21. The van der Waals surface area contributed by atoms with E-state index in [1.165, 1.54) is 0 Å². The quantitative estimate of drug-likeness (QED) is 0.270. The number of rotatable bonds is 9. The summed E-state index contributed by atoms with van der Waals surface area (Å²) in [6.45, 7) is 1.90. The molecule has 2 rings (SSSR count). The number of aromatic nitrogens is 1. The van der Waals surface area contributed by atoms with E-state index < -0.39 is 17.7 Å². The molecule has 144 valence electrons. The Balaban J connectivity index is 1.96. The van der Waals surface area contributed by atoms with Gasteiger partial charge >= 0.3 is 0 Å². The molecule has 0 unspecified atom stereocenters. The third-order valence-corrected chi connectivity index (χ3v) is 4.19. The zero-order valence-corrected chi connectivity index (χ0v) is 15.2. The first kappa shape index (κ1) is 20.3. The van der Waals surface area contributed by atoms with E-state index in [2.05, 4.69) is 15.8 Å². The van der Waals surface area contributed by atoms with Crippen molar-refractivity contribution in [2.45, 2.75) is 32.6 Å². The van der Waals surface area contributed by atoms with Crippen LogP contribution in [0.25, 0.3) is 10.9 Å². The van der Waals surface area contributed by atoms with Crippen molar-refractivity contribution in [1.29, 1.82) is 0 Å². The first-order valence-electron chi connectivity index (χ1n) is 8.92. The molecule has 0 aliphatic carbocycles. The molecule has 27 heavy (non-hydrogen) atoms. The summed E-state index contributed by atoms with van der Waals surface area (Å²) in [5.74, 6) is -1.64. The average Bonchev–Trinajstić information content (AvgIpc) is 2.70. The Morgan fingerprint density at radius 2 is 1.96 bits per heavy atom. The topological polar surface area (TPSA) is 112 Å². The van der Waals surface area contributed by atoms with Crippen molar-refractivity contribution >= 4 is 29.1 Å². The second-order valence-electron chi connectivity index (χ2n) is 6.25. The molecular formula is C19H24N4O4. The number of nitrogens with one attached hydrogen (secondary N) is 2. The van der Waals surface area contributed by atoms with E-state index in [4.69, 9.17) is 0 Å². The zero-order valence-electron chi connectivity index (χ0n) is 15.2. The number of carbonyl (C=O) groups excluding carboxylic acids is 3. The maximum absolute atomic E-state index is 12.3. The Morgan fingerprint density at radius 3 is 2.70 bits per heavy atom. The Bertz CT molecular complexity index is 796. The van der Waals surface area contributed by atoms with Gasteiger partial charge in [0.25, 0.3) is 5.91 Å². The van der Waals surface area contributed by atoms with Crippen LogP contribution in [0, 0.1) is 5.92 Å². The molecular weight excluding hydrogens is 348 g/mol. The fourth-order valence-corrected chi connectivity index (χ4v) is 2.69. The van der Waals surface area contributed by atoms with Crippen molar-refractivity contribution in [1.82, 2.24) is 20.9 Å². The number of pyridine rings is 1. The molecule has 3 N–H and O–H groups in total. The van der Waals surface area contributed by atoms with E-state index in [9.17, 15) is 19.6 Å². The van der Waals surface area contributed by atoms with Gasteiger partial charge in [-0.2, -0.15) is 0 Å². The van der Waals surface area contributed by atoms with Crippen LogP contribution in [0.15, 0.2) is 36.4 Å². The number of amides is 3. The summed E-state index contributed by atoms with van der Waals surface area (Å²) in [5, 5.41) is 10.7. The van der Waals surface area contributed by atoms with Crippen molar-refractivity contribution in [3.8, 4) is 0 Å². The van der Waals surface area contributed by atoms with Gasteiger partial charge in [-0.05, 0) is 18.6 Å². The molecule has 1 heterocycles. The third kappa shape index (κ3) is 6.03. The van der Waals surface area contributed by atoms with Crippen LogP contribution in [0.5, 0.6) is 0 Å². The molecule has 0 radical (unpaired) electrons. The summed E-state index contributed by atoms with van der Waals surface area (Å²) in [4.78, 5) is 39.5. The number of hydrazine groups is 1. The van der Waals surface area contributed by atoms with Gasteiger partial charge in [-0.1, -0.05) is 50.5 Å². The van der Waals surface area contributed by atoms with E-state index in [-0.39, 0.29) is 18.6 Å². The van der Waals surface area contributed by atoms with Gasteiger partial charge < -0.3 is 0 Å². The summed E-state index contributed by atoms with van der Waals surface area (Å²) in [6, 6.07) is 10.7. The second-order valence-corrected chi connectivity index (χ2v) is 6.25. The number of para-hydroxylation sites is 1. The van der Waals surface area contributed by atoms with E-state index in [0.717, 1.165) is 24.6 Å². The van der Waals surface area contributed by atoms with Gasteiger partial charge in [0.2, 0.25) is 12.3 Å². The lowest BCUT2D eigenvalue weighted by atomic mass is 10.0.